The molecule has 0 aliphatic rings. The summed E-state index contributed by atoms with van der Waals surface area (Å²) in [4.78, 5) is 14.8. The van der Waals surface area contributed by atoms with Crippen molar-refractivity contribution in [1.82, 2.24) is 14.5 Å². The van der Waals surface area contributed by atoms with Crippen LogP contribution < -0.4 is 18.3 Å². The number of hydrogen-bond acceptors (Lipinski definition) is 16. The fourth-order valence-corrected chi connectivity index (χ4v) is 10.3. The van der Waals surface area contributed by atoms with E-state index in [1.807, 2.05) is 72.8 Å². The lowest BCUT2D eigenvalue weighted by Crippen LogP contribution is -2.31. The Hall–Kier alpha value is -3.25. The first-order valence-electron chi connectivity index (χ1n) is 19.1. The first-order chi connectivity index (χ1) is 31.6. The van der Waals surface area contributed by atoms with E-state index in [0.29, 0.717) is 24.5 Å². The van der Waals surface area contributed by atoms with Crippen molar-refractivity contribution in [1.29, 1.82) is 0 Å². The van der Waals surface area contributed by atoms with Crippen molar-refractivity contribution in [2.75, 3.05) is 68.8 Å². The number of hydrazone groups is 2. The minimum absolute atomic E-state index is 0.0295. The molecule has 19 nitrogen and oxygen atoms in total. The van der Waals surface area contributed by atoms with Crippen LogP contribution in [0.25, 0.3) is 10.4 Å². The average Bonchev–Trinajstić information content (AvgIpc) is 3.33. The van der Waals surface area contributed by atoms with Gasteiger partial charge in [0.25, 0.3) is 0 Å². The summed E-state index contributed by atoms with van der Waals surface area (Å²) >= 11 is 10.9. The molecule has 0 amide bonds. The van der Waals surface area contributed by atoms with Crippen molar-refractivity contribution in [2.24, 2.45) is 20.5 Å². The Bertz CT molecular complexity index is 2310. The van der Waals surface area contributed by atoms with E-state index in [-0.39, 0.29) is 12.6 Å². The molecule has 0 aliphatic carbocycles. The first kappa shape index (κ1) is 57.1. The minimum Gasteiger partial charge on any atom is -0.497 e. The summed E-state index contributed by atoms with van der Waals surface area (Å²) in [5, 5.41) is 15.3. The third kappa shape index (κ3) is 21.4. The highest BCUT2D eigenvalue weighted by atomic mass is 32.4. The zero-order chi connectivity index (χ0) is 48.5. The van der Waals surface area contributed by atoms with Gasteiger partial charge in [0.05, 0.1) is 47.9 Å². The Kier molecular flexibility index (Phi) is 26.2. The molecule has 0 saturated heterocycles. The maximum absolute atomic E-state index is 12.7. The second-order valence-electron chi connectivity index (χ2n) is 13.0. The van der Waals surface area contributed by atoms with Gasteiger partial charge in [-0.15, -0.1) is 15.7 Å². The highest BCUT2D eigenvalue weighted by Crippen LogP contribution is 2.57. The van der Waals surface area contributed by atoms with E-state index in [9.17, 15) is 9.46 Å². The quantitative estimate of drug-likeness (QED) is 0.0155. The maximum Gasteiger partial charge on any atom is 0.540 e. The number of nitrogens with zero attached hydrogens (tertiary/aromatic N) is 9. The summed E-state index contributed by atoms with van der Waals surface area (Å²) in [5.41, 5.74) is 11.8. The van der Waals surface area contributed by atoms with E-state index in [2.05, 4.69) is 43.3 Å². The average molecular weight is 1080 g/mol. The topological polar surface area (TPSA) is 207 Å². The van der Waals surface area contributed by atoms with E-state index in [4.69, 9.17) is 65.5 Å². The Morgan fingerprint density at radius 2 is 1.18 bits per heavy atom. The summed E-state index contributed by atoms with van der Waals surface area (Å²) in [5.74, 6) is 2.83. The van der Waals surface area contributed by atoms with E-state index < -0.39 is 37.2 Å². The number of ether oxygens (including phenoxy) is 1. The van der Waals surface area contributed by atoms with E-state index in [1.54, 1.807) is 72.4 Å². The SMILES string of the molecule is COP(=O)(CN(CCc1ccc(O[P+](=S)N(C)/N=C\c2ccc(OP(P)P)cc2)cc1)C[P+](O)(OC)OC)OC.COc1ccc(/C=N\N(C)[P+](=S)Oc2ccc(C=NN=[N+]=[N-])cc2)cc1. The zero-order valence-electron chi connectivity index (χ0n) is 37.2. The molecule has 0 aliphatic heterocycles. The second-order valence-corrected chi connectivity index (χ2v) is 27.6. The van der Waals surface area contributed by atoms with Gasteiger partial charge in [-0.25, -0.2) is 0 Å². The van der Waals surface area contributed by atoms with E-state index in [0.717, 1.165) is 33.8 Å². The van der Waals surface area contributed by atoms with Gasteiger partial charge in [-0.3, -0.25) is 18.5 Å². The molecule has 4 atom stereocenters. The maximum atomic E-state index is 12.7. The summed E-state index contributed by atoms with van der Waals surface area (Å²) in [6, 6.07) is 29.8. The van der Waals surface area contributed by atoms with E-state index in [1.165, 1.54) is 34.7 Å². The second kappa shape index (κ2) is 30.3. The van der Waals surface area contributed by atoms with Crippen LogP contribution in [0.1, 0.15) is 22.3 Å². The summed E-state index contributed by atoms with van der Waals surface area (Å²) in [7, 11) is 5.88. The molecular weight excluding hydrogens is 1020 g/mol. The Morgan fingerprint density at radius 1 is 0.742 bits per heavy atom. The van der Waals surface area contributed by atoms with Gasteiger partial charge < -0.3 is 18.3 Å². The lowest BCUT2D eigenvalue weighted by molar-refractivity contribution is 0.204. The molecule has 0 fully saturated rings. The highest BCUT2D eigenvalue weighted by Gasteiger charge is 2.42. The van der Waals surface area contributed by atoms with Crippen molar-refractivity contribution in [3.8, 4) is 23.0 Å². The van der Waals surface area contributed by atoms with Crippen LogP contribution in [0.5, 0.6) is 23.0 Å². The Morgan fingerprint density at radius 3 is 1.61 bits per heavy atom. The lowest BCUT2D eigenvalue weighted by Gasteiger charge is -2.26. The minimum atomic E-state index is -3.36. The molecule has 0 saturated carbocycles. The van der Waals surface area contributed by atoms with Crippen molar-refractivity contribution in [2.45, 2.75) is 6.42 Å². The van der Waals surface area contributed by atoms with Crippen LogP contribution in [0.15, 0.2) is 118 Å². The smallest absolute Gasteiger partial charge is 0.497 e. The molecule has 0 bridgehead atoms. The van der Waals surface area contributed by atoms with Crippen molar-refractivity contribution >= 4 is 97.3 Å². The predicted octanol–water partition coefficient (Wildman–Crippen LogP) is 10.9. The fourth-order valence-electron chi connectivity index (χ4n) is 4.91. The Balaban J connectivity index is 0.000000383. The Labute approximate surface area is 404 Å². The molecule has 0 heterocycles. The molecule has 354 valence electrons. The number of rotatable bonds is 26. The monoisotopic (exact) mass is 1080 g/mol. The van der Waals surface area contributed by atoms with Crippen LogP contribution in [0.4, 0.5) is 0 Å². The normalized spacial score (nSPS) is 12.2. The molecule has 1 N–H and O–H groups in total. The number of hydrogen-bond donors (Lipinski definition) is 1. The van der Waals surface area contributed by atoms with Crippen LogP contribution >= 0.6 is 55.1 Å². The van der Waals surface area contributed by atoms with Crippen LogP contribution in [0, 0.1) is 0 Å². The van der Waals surface area contributed by atoms with Crippen molar-refractivity contribution < 1.29 is 45.9 Å². The van der Waals surface area contributed by atoms with Crippen LogP contribution in [0.2, 0.25) is 0 Å². The third-order valence-corrected chi connectivity index (χ3v) is 17.1. The van der Waals surface area contributed by atoms with Gasteiger partial charge in [0, 0.05) is 31.6 Å². The number of benzene rings is 4. The van der Waals surface area contributed by atoms with Gasteiger partial charge in [0.15, 0.2) is 24.0 Å². The van der Waals surface area contributed by atoms with Gasteiger partial charge in [0.1, 0.15) is 25.3 Å². The molecule has 4 rings (SSSR count). The zero-order valence-corrected chi connectivity index (χ0v) is 45.6. The predicted molar refractivity (Wildman–Crippen MR) is 281 cm³/mol. The molecule has 4 aromatic rings. The molecule has 0 spiro atoms. The fraction of sp³-hybridized carbons (Fsp3) is 0.289. The number of azide groups is 1. The van der Waals surface area contributed by atoms with E-state index >= 15 is 0 Å². The lowest BCUT2D eigenvalue weighted by atomic mass is 10.1. The number of methoxy groups -OCH3 is 1. The molecule has 4 unspecified atom stereocenters. The molecular formula is C38H53N9O10P7S2+3. The third-order valence-electron chi connectivity index (χ3n) is 8.49. The van der Waals surface area contributed by atoms with Crippen molar-refractivity contribution in [3.05, 3.63) is 130 Å². The van der Waals surface area contributed by atoms with Gasteiger partial charge >= 0.3 is 29.7 Å². The largest absolute Gasteiger partial charge is 0.540 e. The summed E-state index contributed by atoms with van der Waals surface area (Å²) < 4.78 is 58.9. The van der Waals surface area contributed by atoms with Crippen LogP contribution in [-0.2, 0) is 52.7 Å². The molecule has 28 heteroatoms. The first-order valence-corrected chi connectivity index (χ1v) is 31.5. The molecule has 0 radical (unpaired) electrons. The summed E-state index contributed by atoms with van der Waals surface area (Å²) in [6.07, 6.45) is 5.48. The van der Waals surface area contributed by atoms with Crippen molar-refractivity contribution in [3.63, 3.8) is 0 Å². The molecule has 66 heavy (non-hydrogen) atoms. The van der Waals surface area contributed by atoms with Gasteiger partial charge in [-0.1, -0.05) is 39.5 Å². The van der Waals surface area contributed by atoms with Crippen LogP contribution in [-0.4, -0.2) is 107 Å². The van der Waals surface area contributed by atoms with Crippen LogP contribution in [0.3, 0.4) is 0 Å². The van der Waals surface area contributed by atoms with Gasteiger partial charge in [0.2, 0.25) is 23.6 Å². The standard InChI is InChI=1S/C22H37N3O8P6S.C16H16N6O2PS/c1-24(23-16-20-8-12-22(13-9-20)33-37(34)35)36(40)32-21-10-6-19(7-11-21)14-15-25(17-38(26,28-2)29-3)18-39(27,30-4)31-5;1-22(19-12-14-3-7-15(23-2)8-4-14)25(26)24-16-9-5-13(6-10-16)11-18-21-20-17/h6-13,16,26H,14-15,17-18,34-35H2,1-5H3;3-12H,1-2H3/q+2;+1/b23-16-;18-11?,19-12-. The molecule has 4 aromatic carbocycles. The van der Waals surface area contributed by atoms with Gasteiger partial charge in [-0.2, -0.15) is 18.9 Å². The summed E-state index contributed by atoms with van der Waals surface area (Å²) in [6.45, 7) is 0.445. The molecule has 0 aromatic heterocycles. The van der Waals surface area contributed by atoms with Gasteiger partial charge in [-0.05, 0) is 113 Å². The highest BCUT2D eigenvalue weighted by molar-refractivity contribution is 8.41.